The highest BCUT2D eigenvalue weighted by Gasteiger charge is 2.48. The van der Waals surface area contributed by atoms with E-state index in [2.05, 4.69) is 25.8 Å². The van der Waals surface area contributed by atoms with E-state index >= 15 is 0 Å². The Labute approximate surface area is 342 Å². The summed E-state index contributed by atoms with van der Waals surface area (Å²) in [5.74, 6) is -3.22. The Kier molecular flexibility index (Phi) is 11.4. The second-order valence-electron chi connectivity index (χ2n) is 17.1. The molecule has 18 heteroatoms. The Balaban J connectivity index is 0.884. The van der Waals surface area contributed by atoms with Crippen LogP contribution in [0.15, 0.2) is 40.7 Å². The number of primary amides is 1. The molecule has 0 spiro atoms. The third-order valence-electron chi connectivity index (χ3n) is 13.3. The summed E-state index contributed by atoms with van der Waals surface area (Å²) in [5, 5.41) is 15.0. The van der Waals surface area contributed by atoms with Gasteiger partial charge in [-0.15, -0.1) is 0 Å². The minimum absolute atomic E-state index is 0.180. The van der Waals surface area contributed by atoms with Gasteiger partial charge in [0.1, 0.15) is 30.2 Å². The fraction of sp³-hybridized carbons (Fsp3) is 0.634. The van der Waals surface area contributed by atoms with Crippen molar-refractivity contribution in [3.63, 3.8) is 0 Å². The van der Waals surface area contributed by atoms with Gasteiger partial charge in [0.25, 0.3) is 0 Å². The van der Waals surface area contributed by atoms with Crippen LogP contribution in [0.4, 0.5) is 0 Å². The smallest absolute Gasteiger partial charge is 0.246 e. The van der Waals surface area contributed by atoms with Crippen molar-refractivity contribution < 1.29 is 33.6 Å². The number of para-hydroxylation sites is 1. The second-order valence-corrected chi connectivity index (χ2v) is 17.1. The highest BCUT2D eigenvalue weighted by Crippen LogP contribution is 2.37. The molecular weight excluding hydrogens is 759 g/mol. The molecule has 2 aromatic rings. The minimum Gasteiger partial charge on any atom is -0.368 e. The van der Waals surface area contributed by atoms with Crippen molar-refractivity contribution in [1.29, 1.82) is 0 Å². The molecule has 6 atom stereocenters. The van der Waals surface area contributed by atoms with Gasteiger partial charge < -0.3 is 46.7 Å². The number of aromatic amines is 1. The van der Waals surface area contributed by atoms with E-state index < -0.39 is 59.6 Å². The lowest BCUT2D eigenvalue weighted by Crippen LogP contribution is -2.59. The number of carbonyl (C=O) groups excluding carboxylic acids is 7. The van der Waals surface area contributed by atoms with Crippen molar-refractivity contribution in [1.82, 2.24) is 35.2 Å². The Morgan fingerprint density at radius 1 is 0.763 bits per heavy atom. The summed E-state index contributed by atoms with van der Waals surface area (Å²) >= 11 is 0. The fourth-order valence-corrected chi connectivity index (χ4v) is 10.2. The number of benzene rings is 1. The topological polar surface area (TPSA) is 249 Å². The van der Waals surface area contributed by atoms with Gasteiger partial charge in [0, 0.05) is 43.3 Å². The van der Waals surface area contributed by atoms with E-state index in [4.69, 9.17) is 11.5 Å². The number of likely N-dealkylation sites (tertiary alicyclic amines) is 4. The Morgan fingerprint density at radius 2 is 1.31 bits per heavy atom. The summed E-state index contributed by atoms with van der Waals surface area (Å²) in [6.45, 7) is 1.38. The number of carbonyl (C=O) groups is 7. The molecule has 6 aliphatic heterocycles. The number of hydrogen-bond acceptors (Lipinski definition) is 10. The number of nitrogens with two attached hydrogens (primary N) is 2. The molecule has 5 fully saturated rings. The monoisotopic (exact) mass is 813 g/mol. The van der Waals surface area contributed by atoms with Gasteiger partial charge in [0.2, 0.25) is 41.4 Å². The molecule has 7 N–H and O–H groups in total. The van der Waals surface area contributed by atoms with E-state index in [0.29, 0.717) is 90.3 Å². The van der Waals surface area contributed by atoms with Crippen LogP contribution in [0.1, 0.15) is 89.0 Å². The van der Waals surface area contributed by atoms with Crippen LogP contribution in [0.3, 0.4) is 0 Å². The summed E-state index contributed by atoms with van der Waals surface area (Å²) < 4.78 is 0. The minimum atomic E-state index is -1.30. The first-order valence-corrected chi connectivity index (χ1v) is 21.3. The van der Waals surface area contributed by atoms with Crippen LogP contribution in [-0.2, 0) is 40.0 Å². The molecule has 0 unspecified atom stereocenters. The summed E-state index contributed by atoms with van der Waals surface area (Å²) in [6.07, 6.45) is 8.73. The van der Waals surface area contributed by atoms with Crippen molar-refractivity contribution >= 4 is 52.3 Å². The lowest BCUT2D eigenvalue weighted by Gasteiger charge is -2.39. The van der Waals surface area contributed by atoms with Crippen LogP contribution in [0, 0.1) is 0 Å². The molecule has 1 aromatic heterocycles. The van der Waals surface area contributed by atoms with Crippen LogP contribution < -0.4 is 22.1 Å². The van der Waals surface area contributed by atoms with Gasteiger partial charge in [0.15, 0.2) is 5.66 Å². The zero-order chi connectivity index (χ0) is 41.4. The van der Waals surface area contributed by atoms with E-state index in [-0.39, 0.29) is 42.6 Å². The van der Waals surface area contributed by atoms with Gasteiger partial charge in [-0.3, -0.25) is 33.6 Å². The third kappa shape index (κ3) is 8.02. The predicted octanol–water partition coefficient (Wildman–Crippen LogP) is 0.583. The first-order valence-electron chi connectivity index (χ1n) is 21.3. The molecular formula is C41H55N11O7. The number of amides is 7. The number of nitrogens with one attached hydrogen (secondary N) is 3. The molecule has 316 valence electrons. The van der Waals surface area contributed by atoms with Crippen molar-refractivity contribution in [3.05, 3.63) is 36.0 Å². The summed E-state index contributed by atoms with van der Waals surface area (Å²) in [5.41, 5.74) is 13.2. The molecule has 7 heterocycles. The van der Waals surface area contributed by atoms with Crippen LogP contribution in [0.2, 0.25) is 0 Å². The lowest BCUT2D eigenvalue weighted by atomic mass is 9.85. The summed E-state index contributed by atoms with van der Waals surface area (Å²) in [7, 11) is 0. The SMILES string of the molecule is NC(=O)[C@H](CC(=O)NC12CCC(CC1)N=N2)NC(=O)[C@@H]1CCCN1C(=O)[C@@H]1CCCN1C(=O)[C@@H]1CCCN1C(=O)[C@@H]1CCCN1C(=O)[C@@H](N)Cc1c[nH]c2ccccc12. The van der Waals surface area contributed by atoms with Crippen molar-refractivity contribution in [2.75, 3.05) is 26.2 Å². The molecule has 4 saturated heterocycles. The van der Waals surface area contributed by atoms with Crippen LogP contribution in [0.25, 0.3) is 10.9 Å². The summed E-state index contributed by atoms with van der Waals surface area (Å²) in [6, 6.07) is 2.59. The van der Waals surface area contributed by atoms with E-state index in [1.165, 1.54) is 4.90 Å². The molecule has 7 aliphatic rings. The van der Waals surface area contributed by atoms with Crippen molar-refractivity contribution in [2.45, 2.75) is 138 Å². The maximum absolute atomic E-state index is 14.3. The number of nitrogens with zero attached hydrogens (tertiary/aromatic N) is 6. The molecule has 59 heavy (non-hydrogen) atoms. The Hall–Kier alpha value is -5.39. The van der Waals surface area contributed by atoms with E-state index in [0.717, 1.165) is 29.3 Å². The number of hydrogen-bond donors (Lipinski definition) is 5. The van der Waals surface area contributed by atoms with Gasteiger partial charge in [-0.2, -0.15) is 10.2 Å². The highest BCUT2D eigenvalue weighted by atomic mass is 16.2. The maximum Gasteiger partial charge on any atom is 0.246 e. The first kappa shape index (κ1) is 40.4. The Bertz CT molecular complexity index is 2030. The van der Waals surface area contributed by atoms with Crippen LogP contribution in [0.5, 0.6) is 0 Å². The van der Waals surface area contributed by atoms with Gasteiger partial charge in [-0.1, -0.05) is 18.2 Å². The zero-order valence-electron chi connectivity index (χ0n) is 33.4. The lowest BCUT2D eigenvalue weighted by molar-refractivity contribution is -0.152. The van der Waals surface area contributed by atoms with Gasteiger partial charge in [-0.05, 0) is 95.1 Å². The predicted molar refractivity (Wildman–Crippen MR) is 213 cm³/mol. The van der Waals surface area contributed by atoms with Gasteiger partial charge >= 0.3 is 0 Å². The third-order valence-corrected chi connectivity index (χ3v) is 13.3. The molecule has 0 radical (unpaired) electrons. The van der Waals surface area contributed by atoms with E-state index in [9.17, 15) is 33.6 Å². The molecule has 1 saturated carbocycles. The average Bonchev–Trinajstić information content (AvgIpc) is 4.10. The normalized spacial score (nSPS) is 28.6. The Morgan fingerprint density at radius 3 is 1.88 bits per heavy atom. The second kappa shape index (κ2) is 16.7. The number of azo groups is 1. The quantitative estimate of drug-likeness (QED) is 0.202. The van der Waals surface area contributed by atoms with Crippen LogP contribution >= 0.6 is 0 Å². The standard InChI is InChI=1S/C41H55N11O7/c42-27(21-24-23-44-28-8-2-1-7-26(24)28)37(56)50-18-4-10-31(50)39(58)52-20-6-12-33(52)40(59)51-19-5-11-32(51)38(57)49-17-3-9-30(49)36(55)45-29(35(43)54)22-34(53)46-41-15-13-25(14-16-41)47-48-41/h1-2,7-8,23,25,27,29-33,44H,3-6,9-22,42H2,(H2,43,54)(H,45,55)(H,46,53)/t25?,27-,29-,30-,31-,32-,33-,41?/m0/s1. The number of aromatic nitrogens is 1. The average molecular weight is 814 g/mol. The molecule has 2 bridgehead atoms. The molecule has 1 aliphatic carbocycles. The zero-order valence-corrected chi connectivity index (χ0v) is 33.4. The molecule has 9 rings (SSSR count). The first-order chi connectivity index (χ1) is 28.4. The van der Waals surface area contributed by atoms with Crippen LogP contribution in [-0.4, -0.2) is 140 Å². The summed E-state index contributed by atoms with van der Waals surface area (Å²) in [4.78, 5) is 105. The fourth-order valence-electron chi connectivity index (χ4n) is 10.2. The molecule has 1 aromatic carbocycles. The number of fused-ring (bicyclic) bond motifs is 3. The maximum atomic E-state index is 14.3. The number of rotatable bonds is 12. The van der Waals surface area contributed by atoms with Gasteiger partial charge in [-0.25, -0.2) is 0 Å². The van der Waals surface area contributed by atoms with Crippen molar-refractivity contribution in [3.8, 4) is 0 Å². The molecule has 7 amide bonds. The number of H-pyrrole nitrogens is 1. The van der Waals surface area contributed by atoms with Crippen molar-refractivity contribution in [2.24, 2.45) is 21.7 Å². The molecule has 18 nitrogen and oxygen atoms in total. The largest absolute Gasteiger partial charge is 0.368 e. The van der Waals surface area contributed by atoms with E-state index in [1.807, 2.05) is 30.5 Å². The highest BCUT2D eigenvalue weighted by molar-refractivity contribution is 5.98. The van der Waals surface area contributed by atoms with Gasteiger partial charge in [0.05, 0.1) is 18.5 Å². The van der Waals surface area contributed by atoms with E-state index in [1.54, 1.807) is 14.7 Å².